The van der Waals surface area contributed by atoms with Crippen LogP contribution in [-0.4, -0.2) is 22.0 Å². The highest BCUT2D eigenvalue weighted by Gasteiger charge is 2.10. The van der Waals surface area contributed by atoms with Crippen molar-refractivity contribution in [3.8, 4) is 0 Å². The number of carbonyl (C=O) groups is 2. The lowest BCUT2D eigenvalue weighted by atomic mass is 10.0. The number of carboxylic acids is 1. The zero-order chi connectivity index (χ0) is 25.6. The van der Waals surface area contributed by atoms with Crippen LogP contribution >= 0.6 is 11.3 Å². The number of anilines is 2. The largest absolute Gasteiger partial charge is 0.481 e. The molecular formula is C29H37N3O3S. The van der Waals surface area contributed by atoms with E-state index >= 15 is 0 Å². The maximum Gasteiger partial charge on any atom is 0.303 e. The number of benzene rings is 2. The number of unbranched alkanes of at least 4 members (excludes halogenated alkanes) is 6. The quantitative estimate of drug-likeness (QED) is 0.177. The summed E-state index contributed by atoms with van der Waals surface area (Å²) in [5.74, 6) is -1.09. The van der Waals surface area contributed by atoms with Gasteiger partial charge in [0.2, 0.25) is 0 Å². The lowest BCUT2D eigenvalue weighted by Gasteiger charge is -2.12. The predicted octanol–water partition coefficient (Wildman–Crippen LogP) is 7.32. The van der Waals surface area contributed by atoms with Crippen molar-refractivity contribution in [3.63, 3.8) is 0 Å². The van der Waals surface area contributed by atoms with E-state index in [1.807, 2.05) is 24.3 Å². The number of carbonyl (C=O) groups excluding carboxylic acids is 1. The lowest BCUT2D eigenvalue weighted by Crippen LogP contribution is -2.12. The van der Waals surface area contributed by atoms with Gasteiger partial charge in [-0.25, -0.2) is 4.98 Å². The molecule has 36 heavy (non-hydrogen) atoms. The Morgan fingerprint density at radius 1 is 0.917 bits per heavy atom. The third kappa shape index (κ3) is 9.46. The smallest absolute Gasteiger partial charge is 0.303 e. The summed E-state index contributed by atoms with van der Waals surface area (Å²) < 4.78 is 0. The van der Waals surface area contributed by atoms with Crippen molar-refractivity contribution in [2.24, 2.45) is 0 Å². The minimum atomic E-state index is -0.861. The number of carboxylic acid groups (broad SMARTS) is 1. The molecule has 192 valence electrons. The number of thiazole rings is 1. The summed E-state index contributed by atoms with van der Waals surface area (Å²) in [5.41, 5.74) is 4.86. The number of rotatable bonds is 16. The number of hydrogen-bond acceptors (Lipinski definition) is 5. The van der Waals surface area contributed by atoms with Crippen LogP contribution in [0.2, 0.25) is 0 Å². The van der Waals surface area contributed by atoms with Crippen LogP contribution in [0.4, 0.5) is 10.8 Å². The molecule has 0 saturated carbocycles. The van der Waals surface area contributed by atoms with Crippen LogP contribution in [0, 0.1) is 0 Å². The summed E-state index contributed by atoms with van der Waals surface area (Å²) in [5, 5.41) is 17.4. The van der Waals surface area contributed by atoms with Crippen LogP contribution < -0.4 is 10.6 Å². The lowest BCUT2D eigenvalue weighted by molar-refractivity contribution is -0.136. The van der Waals surface area contributed by atoms with E-state index in [0.29, 0.717) is 29.4 Å². The first kappa shape index (κ1) is 27.4. The van der Waals surface area contributed by atoms with E-state index in [4.69, 9.17) is 5.11 Å². The third-order valence-corrected chi connectivity index (χ3v) is 6.94. The van der Waals surface area contributed by atoms with Crippen molar-refractivity contribution >= 4 is 34.0 Å². The van der Waals surface area contributed by atoms with Gasteiger partial charge in [-0.2, -0.15) is 0 Å². The fraction of sp³-hybridized carbons (Fsp3) is 0.414. The molecule has 0 spiro atoms. The molecule has 3 rings (SSSR count). The monoisotopic (exact) mass is 507 g/mol. The second kappa shape index (κ2) is 15.0. The number of aromatic nitrogens is 1. The molecule has 3 N–H and O–H groups in total. The maximum absolute atomic E-state index is 12.6. The molecule has 1 heterocycles. The van der Waals surface area contributed by atoms with Crippen molar-refractivity contribution in [2.75, 3.05) is 10.6 Å². The van der Waals surface area contributed by atoms with E-state index in [0.717, 1.165) is 12.0 Å². The average molecular weight is 508 g/mol. The molecule has 2 aromatic carbocycles. The Kier molecular flexibility index (Phi) is 11.4. The maximum atomic E-state index is 12.6. The van der Waals surface area contributed by atoms with Crippen LogP contribution in [0.1, 0.15) is 85.5 Å². The van der Waals surface area contributed by atoms with Gasteiger partial charge in [0.15, 0.2) is 5.13 Å². The minimum absolute atomic E-state index is 0.0240. The summed E-state index contributed by atoms with van der Waals surface area (Å²) in [4.78, 5) is 27.6. The summed E-state index contributed by atoms with van der Waals surface area (Å²) in [6, 6.07) is 16.1. The predicted molar refractivity (Wildman–Crippen MR) is 148 cm³/mol. The molecule has 0 unspecified atom stereocenters. The van der Waals surface area contributed by atoms with Crippen molar-refractivity contribution in [2.45, 2.75) is 77.7 Å². The number of hydrogen-bond donors (Lipinski definition) is 3. The molecule has 0 atom stereocenters. The standard InChI is InChI=1S/C29H37N3O3S/c1-2-3-4-5-6-7-8-11-23-12-9-10-13-26(23)30-20-22-14-16-24(17-15-22)28(35)32-29-31-25(21-36-29)18-19-27(33)34/h9-10,12-17,21,30H,2-8,11,18-20H2,1H3,(H,33,34)(H,31,32,35). The highest BCUT2D eigenvalue weighted by atomic mass is 32.1. The van der Waals surface area contributed by atoms with Gasteiger partial charge < -0.3 is 10.4 Å². The molecule has 0 aliphatic carbocycles. The van der Waals surface area contributed by atoms with Crippen LogP contribution in [0.3, 0.4) is 0 Å². The van der Waals surface area contributed by atoms with Gasteiger partial charge >= 0.3 is 5.97 Å². The number of amides is 1. The average Bonchev–Trinajstić information content (AvgIpc) is 3.33. The van der Waals surface area contributed by atoms with Gasteiger partial charge in [-0.3, -0.25) is 14.9 Å². The van der Waals surface area contributed by atoms with Gasteiger partial charge in [0.05, 0.1) is 12.1 Å². The number of aliphatic carboxylic acids is 1. The summed E-state index contributed by atoms with van der Waals surface area (Å²) in [6.07, 6.45) is 10.6. The first-order chi connectivity index (χ1) is 17.5. The molecule has 6 nitrogen and oxygen atoms in total. The molecule has 0 aliphatic heterocycles. The Morgan fingerprint density at radius 2 is 1.64 bits per heavy atom. The SMILES string of the molecule is CCCCCCCCCc1ccccc1NCc1ccc(C(=O)Nc2nc(CCC(=O)O)cs2)cc1. The fourth-order valence-electron chi connectivity index (χ4n) is 4.04. The molecule has 0 radical (unpaired) electrons. The summed E-state index contributed by atoms with van der Waals surface area (Å²) >= 11 is 1.30. The molecule has 1 amide bonds. The van der Waals surface area contributed by atoms with E-state index < -0.39 is 5.97 Å². The number of para-hydroxylation sites is 1. The first-order valence-corrected chi connectivity index (χ1v) is 13.8. The van der Waals surface area contributed by atoms with Crippen LogP contribution in [0.5, 0.6) is 0 Å². The molecule has 3 aromatic rings. The van der Waals surface area contributed by atoms with Crippen LogP contribution in [0.15, 0.2) is 53.9 Å². The normalized spacial score (nSPS) is 10.8. The van der Waals surface area contributed by atoms with Gasteiger partial charge in [0.1, 0.15) is 0 Å². The van der Waals surface area contributed by atoms with E-state index in [1.54, 1.807) is 5.38 Å². The fourth-order valence-corrected chi connectivity index (χ4v) is 4.78. The van der Waals surface area contributed by atoms with Gasteiger partial charge in [-0.05, 0) is 42.2 Å². The number of nitrogens with one attached hydrogen (secondary N) is 2. The molecule has 1 aromatic heterocycles. The highest BCUT2D eigenvalue weighted by Crippen LogP contribution is 2.21. The van der Waals surface area contributed by atoms with Crippen molar-refractivity contribution < 1.29 is 14.7 Å². The van der Waals surface area contributed by atoms with E-state index in [-0.39, 0.29) is 12.3 Å². The van der Waals surface area contributed by atoms with Gasteiger partial charge in [0, 0.05) is 29.6 Å². The van der Waals surface area contributed by atoms with Crippen LogP contribution in [0.25, 0.3) is 0 Å². The zero-order valence-electron chi connectivity index (χ0n) is 21.1. The molecule has 0 bridgehead atoms. The Hall–Kier alpha value is -3.19. The van der Waals surface area contributed by atoms with E-state index in [1.165, 1.54) is 67.5 Å². The summed E-state index contributed by atoms with van der Waals surface area (Å²) in [7, 11) is 0. The van der Waals surface area contributed by atoms with Gasteiger partial charge in [0.25, 0.3) is 5.91 Å². The Labute approximate surface area is 218 Å². The van der Waals surface area contributed by atoms with E-state index in [2.05, 4.69) is 46.8 Å². The Morgan fingerprint density at radius 3 is 2.39 bits per heavy atom. The second-order valence-electron chi connectivity index (χ2n) is 9.07. The molecule has 0 saturated heterocycles. The molecule has 0 aliphatic rings. The number of aryl methyl sites for hydroxylation is 2. The second-order valence-corrected chi connectivity index (χ2v) is 9.93. The Bertz CT molecular complexity index is 1100. The Balaban J connectivity index is 1.45. The number of nitrogens with zero attached hydrogens (tertiary/aromatic N) is 1. The highest BCUT2D eigenvalue weighted by molar-refractivity contribution is 7.14. The van der Waals surface area contributed by atoms with Crippen molar-refractivity contribution in [3.05, 3.63) is 76.3 Å². The third-order valence-electron chi connectivity index (χ3n) is 6.13. The summed E-state index contributed by atoms with van der Waals surface area (Å²) in [6.45, 7) is 2.94. The topological polar surface area (TPSA) is 91.3 Å². The molecular weight excluding hydrogens is 470 g/mol. The van der Waals surface area contributed by atoms with E-state index in [9.17, 15) is 9.59 Å². The first-order valence-electron chi connectivity index (χ1n) is 12.9. The van der Waals surface area contributed by atoms with Crippen molar-refractivity contribution in [1.82, 2.24) is 4.98 Å². The van der Waals surface area contributed by atoms with Gasteiger partial charge in [-0.1, -0.05) is 75.8 Å². The molecule has 7 heteroatoms. The van der Waals surface area contributed by atoms with Crippen molar-refractivity contribution in [1.29, 1.82) is 0 Å². The minimum Gasteiger partial charge on any atom is -0.481 e. The van der Waals surface area contributed by atoms with Gasteiger partial charge in [-0.15, -0.1) is 11.3 Å². The zero-order valence-corrected chi connectivity index (χ0v) is 21.9. The van der Waals surface area contributed by atoms with Crippen LogP contribution in [-0.2, 0) is 24.2 Å². The molecule has 0 fully saturated rings.